The number of phenols is 1. The van der Waals surface area contributed by atoms with Crippen molar-refractivity contribution < 1.29 is 15.0 Å². The third-order valence-corrected chi connectivity index (χ3v) is 2.75. The van der Waals surface area contributed by atoms with Crippen molar-refractivity contribution in [3.05, 3.63) is 29.8 Å². The lowest BCUT2D eigenvalue weighted by atomic mass is 10.1. The predicted octanol–water partition coefficient (Wildman–Crippen LogP) is 2.25. The van der Waals surface area contributed by atoms with Crippen LogP contribution < -0.4 is 0 Å². The standard InChI is InChI=1S/C13H19NO3/c1-3-4-9-14(2)12(13(16)17)10-5-7-11(15)8-6-10/h5-8,12,15H,3-4,9H2,1-2H3,(H,16,17). The number of carboxylic acid groups (broad SMARTS) is 1. The summed E-state index contributed by atoms with van der Waals surface area (Å²) in [5.74, 6) is -0.719. The van der Waals surface area contributed by atoms with Crippen LogP contribution in [-0.4, -0.2) is 34.7 Å². The highest BCUT2D eigenvalue weighted by Crippen LogP contribution is 2.22. The summed E-state index contributed by atoms with van der Waals surface area (Å²) in [6.07, 6.45) is 2.00. The van der Waals surface area contributed by atoms with Crippen molar-refractivity contribution in [3.8, 4) is 5.75 Å². The molecule has 0 heterocycles. The molecule has 1 rings (SSSR count). The zero-order valence-electron chi connectivity index (χ0n) is 10.3. The SMILES string of the molecule is CCCCN(C)C(C(=O)O)c1ccc(O)cc1. The predicted molar refractivity (Wildman–Crippen MR) is 66.0 cm³/mol. The fraction of sp³-hybridized carbons (Fsp3) is 0.462. The van der Waals surface area contributed by atoms with Crippen LogP contribution in [0.15, 0.2) is 24.3 Å². The van der Waals surface area contributed by atoms with E-state index in [0.717, 1.165) is 19.4 Å². The Kier molecular flexibility index (Phi) is 4.97. The van der Waals surface area contributed by atoms with Gasteiger partial charge in [-0.05, 0) is 37.7 Å². The van der Waals surface area contributed by atoms with E-state index in [2.05, 4.69) is 6.92 Å². The Morgan fingerprint density at radius 2 is 1.94 bits per heavy atom. The van der Waals surface area contributed by atoms with Gasteiger partial charge < -0.3 is 10.2 Å². The van der Waals surface area contributed by atoms with E-state index >= 15 is 0 Å². The van der Waals surface area contributed by atoms with E-state index in [1.807, 2.05) is 4.90 Å². The molecule has 94 valence electrons. The molecular weight excluding hydrogens is 218 g/mol. The minimum Gasteiger partial charge on any atom is -0.508 e. The summed E-state index contributed by atoms with van der Waals surface area (Å²) < 4.78 is 0. The molecule has 0 bridgehead atoms. The minimum atomic E-state index is -0.866. The van der Waals surface area contributed by atoms with Gasteiger partial charge in [0.05, 0.1) is 0 Å². The molecule has 2 N–H and O–H groups in total. The molecule has 17 heavy (non-hydrogen) atoms. The number of phenolic OH excluding ortho intramolecular Hbond substituents is 1. The maximum absolute atomic E-state index is 11.3. The monoisotopic (exact) mass is 237 g/mol. The van der Waals surface area contributed by atoms with Gasteiger partial charge in [-0.1, -0.05) is 25.5 Å². The number of hydrogen-bond donors (Lipinski definition) is 2. The topological polar surface area (TPSA) is 60.8 Å². The number of nitrogens with zero attached hydrogens (tertiary/aromatic N) is 1. The highest BCUT2D eigenvalue weighted by Gasteiger charge is 2.23. The van der Waals surface area contributed by atoms with Crippen LogP contribution in [0.3, 0.4) is 0 Å². The Morgan fingerprint density at radius 3 is 2.41 bits per heavy atom. The van der Waals surface area contributed by atoms with E-state index in [9.17, 15) is 15.0 Å². The van der Waals surface area contributed by atoms with Gasteiger partial charge in [0.15, 0.2) is 0 Å². The zero-order chi connectivity index (χ0) is 12.8. The molecule has 4 nitrogen and oxygen atoms in total. The normalized spacial score (nSPS) is 12.6. The van der Waals surface area contributed by atoms with Gasteiger partial charge in [0.1, 0.15) is 11.8 Å². The van der Waals surface area contributed by atoms with Crippen LogP contribution in [0.25, 0.3) is 0 Å². The Labute approximate surface area is 101 Å². The van der Waals surface area contributed by atoms with Crippen LogP contribution in [0.4, 0.5) is 0 Å². The minimum absolute atomic E-state index is 0.147. The quantitative estimate of drug-likeness (QED) is 0.796. The molecule has 0 aromatic heterocycles. The van der Waals surface area contributed by atoms with E-state index in [0.29, 0.717) is 5.56 Å². The van der Waals surface area contributed by atoms with Gasteiger partial charge in [-0.25, -0.2) is 0 Å². The highest BCUT2D eigenvalue weighted by molar-refractivity contribution is 5.75. The van der Waals surface area contributed by atoms with Gasteiger partial charge >= 0.3 is 5.97 Å². The first-order chi connectivity index (χ1) is 8.06. The summed E-state index contributed by atoms with van der Waals surface area (Å²) in [6.45, 7) is 2.82. The molecular formula is C13H19NO3. The average Bonchev–Trinajstić information content (AvgIpc) is 2.29. The third kappa shape index (κ3) is 3.75. The van der Waals surface area contributed by atoms with Gasteiger partial charge in [0, 0.05) is 0 Å². The Bertz CT molecular complexity index is 361. The van der Waals surface area contributed by atoms with Crippen molar-refractivity contribution in [2.24, 2.45) is 0 Å². The number of carboxylic acids is 1. The molecule has 0 spiro atoms. The molecule has 1 atom stereocenters. The van der Waals surface area contributed by atoms with Gasteiger partial charge in [0.2, 0.25) is 0 Å². The number of carbonyl (C=O) groups is 1. The average molecular weight is 237 g/mol. The Balaban J connectivity index is 2.85. The second kappa shape index (κ2) is 6.25. The lowest BCUT2D eigenvalue weighted by Crippen LogP contribution is -2.31. The van der Waals surface area contributed by atoms with Crippen molar-refractivity contribution in [2.75, 3.05) is 13.6 Å². The van der Waals surface area contributed by atoms with Crippen LogP contribution in [-0.2, 0) is 4.79 Å². The number of rotatable bonds is 6. The molecule has 0 saturated carbocycles. The highest BCUT2D eigenvalue weighted by atomic mass is 16.4. The molecule has 4 heteroatoms. The molecule has 0 aliphatic heterocycles. The van der Waals surface area contributed by atoms with E-state index in [1.54, 1.807) is 19.2 Å². The van der Waals surface area contributed by atoms with E-state index < -0.39 is 12.0 Å². The number of likely N-dealkylation sites (N-methyl/N-ethyl adjacent to an activating group) is 1. The number of hydrogen-bond acceptors (Lipinski definition) is 3. The lowest BCUT2D eigenvalue weighted by molar-refractivity contribution is -0.143. The first-order valence-corrected chi connectivity index (χ1v) is 5.78. The lowest BCUT2D eigenvalue weighted by Gasteiger charge is -2.24. The van der Waals surface area contributed by atoms with Crippen molar-refractivity contribution >= 4 is 5.97 Å². The van der Waals surface area contributed by atoms with E-state index in [1.165, 1.54) is 12.1 Å². The Morgan fingerprint density at radius 1 is 1.35 bits per heavy atom. The smallest absolute Gasteiger partial charge is 0.325 e. The number of aliphatic carboxylic acids is 1. The van der Waals surface area contributed by atoms with Crippen molar-refractivity contribution in [3.63, 3.8) is 0 Å². The molecule has 1 unspecified atom stereocenters. The van der Waals surface area contributed by atoms with Gasteiger partial charge in [-0.3, -0.25) is 9.69 Å². The van der Waals surface area contributed by atoms with Crippen LogP contribution in [0.1, 0.15) is 31.4 Å². The van der Waals surface area contributed by atoms with Gasteiger partial charge in [-0.15, -0.1) is 0 Å². The number of unbranched alkanes of at least 4 members (excludes halogenated alkanes) is 1. The van der Waals surface area contributed by atoms with Crippen LogP contribution >= 0.6 is 0 Å². The maximum Gasteiger partial charge on any atom is 0.325 e. The molecule has 0 aliphatic rings. The fourth-order valence-electron chi connectivity index (χ4n) is 1.78. The van der Waals surface area contributed by atoms with Crippen LogP contribution in [0.2, 0.25) is 0 Å². The van der Waals surface area contributed by atoms with Crippen LogP contribution in [0.5, 0.6) is 5.75 Å². The summed E-state index contributed by atoms with van der Waals surface area (Å²) in [5, 5.41) is 18.5. The number of aromatic hydroxyl groups is 1. The largest absolute Gasteiger partial charge is 0.508 e. The second-order valence-electron chi connectivity index (χ2n) is 4.17. The maximum atomic E-state index is 11.3. The Hall–Kier alpha value is -1.55. The summed E-state index contributed by atoms with van der Waals surface area (Å²) in [6, 6.07) is 5.67. The zero-order valence-corrected chi connectivity index (χ0v) is 10.3. The second-order valence-corrected chi connectivity index (χ2v) is 4.17. The summed E-state index contributed by atoms with van der Waals surface area (Å²) in [5.41, 5.74) is 0.689. The van der Waals surface area contributed by atoms with Crippen LogP contribution in [0, 0.1) is 0 Å². The molecule has 1 aromatic carbocycles. The molecule has 0 aliphatic carbocycles. The van der Waals surface area contributed by atoms with Gasteiger partial charge in [-0.2, -0.15) is 0 Å². The summed E-state index contributed by atoms with van der Waals surface area (Å²) >= 11 is 0. The van der Waals surface area contributed by atoms with E-state index in [-0.39, 0.29) is 5.75 Å². The molecule has 0 fully saturated rings. The molecule has 0 radical (unpaired) electrons. The van der Waals surface area contributed by atoms with Gasteiger partial charge in [0.25, 0.3) is 0 Å². The van der Waals surface area contributed by atoms with Crippen molar-refractivity contribution in [2.45, 2.75) is 25.8 Å². The number of benzene rings is 1. The first kappa shape index (κ1) is 13.5. The summed E-state index contributed by atoms with van der Waals surface area (Å²) in [7, 11) is 1.81. The molecule has 1 aromatic rings. The van der Waals surface area contributed by atoms with E-state index in [4.69, 9.17) is 0 Å². The third-order valence-electron chi connectivity index (χ3n) is 2.75. The molecule has 0 amide bonds. The molecule has 0 saturated heterocycles. The fourth-order valence-corrected chi connectivity index (χ4v) is 1.78. The summed E-state index contributed by atoms with van der Waals surface area (Å²) in [4.78, 5) is 13.1. The van der Waals surface area contributed by atoms with Crippen molar-refractivity contribution in [1.29, 1.82) is 0 Å². The van der Waals surface area contributed by atoms with Crippen molar-refractivity contribution in [1.82, 2.24) is 4.90 Å². The first-order valence-electron chi connectivity index (χ1n) is 5.78.